The summed E-state index contributed by atoms with van der Waals surface area (Å²) in [5.41, 5.74) is 4.50. The monoisotopic (exact) mass is 629 g/mol. The van der Waals surface area contributed by atoms with Gasteiger partial charge in [0.25, 0.3) is 10.0 Å². The molecule has 4 aromatic rings. The van der Waals surface area contributed by atoms with Crippen molar-refractivity contribution in [3.8, 4) is 0 Å². The van der Waals surface area contributed by atoms with Gasteiger partial charge in [-0.05, 0) is 93.3 Å². The quantitative estimate of drug-likeness (QED) is 0.205. The maximum absolute atomic E-state index is 14.5. The summed E-state index contributed by atoms with van der Waals surface area (Å²) in [6.45, 7) is 8.74. The minimum atomic E-state index is -4.20. The van der Waals surface area contributed by atoms with Crippen LogP contribution in [0.2, 0.25) is 0 Å². The van der Waals surface area contributed by atoms with E-state index in [9.17, 15) is 22.4 Å². The first kappa shape index (κ1) is 33.4. The predicted octanol–water partition coefficient (Wildman–Crippen LogP) is 6.11. The summed E-state index contributed by atoms with van der Waals surface area (Å²) in [5, 5.41) is 2.93. The molecule has 0 aliphatic heterocycles. The van der Waals surface area contributed by atoms with E-state index in [1.54, 1.807) is 36.4 Å². The van der Waals surface area contributed by atoms with Crippen LogP contribution in [0.3, 0.4) is 0 Å². The molecule has 9 heteroatoms. The second kappa shape index (κ2) is 14.5. The van der Waals surface area contributed by atoms with Crippen molar-refractivity contribution in [2.75, 3.05) is 10.8 Å². The Labute approximate surface area is 265 Å². The Balaban J connectivity index is 1.82. The van der Waals surface area contributed by atoms with E-state index in [1.165, 1.54) is 29.2 Å². The average molecular weight is 630 g/mol. The van der Waals surface area contributed by atoms with Crippen molar-refractivity contribution in [3.63, 3.8) is 0 Å². The van der Waals surface area contributed by atoms with Gasteiger partial charge in [-0.25, -0.2) is 12.8 Å². The van der Waals surface area contributed by atoms with Crippen molar-refractivity contribution < 1.29 is 22.4 Å². The smallest absolute Gasteiger partial charge is 0.264 e. The third kappa shape index (κ3) is 8.57. The fourth-order valence-electron chi connectivity index (χ4n) is 4.97. The minimum Gasteiger partial charge on any atom is -0.352 e. The Kier molecular flexibility index (Phi) is 10.8. The van der Waals surface area contributed by atoms with Crippen molar-refractivity contribution in [1.82, 2.24) is 10.2 Å². The molecule has 0 fully saturated rings. The Hall–Kier alpha value is -4.50. The van der Waals surface area contributed by atoms with Crippen LogP contribution < -0.4 is 9.62 Å². The van der Waals surface area contributed by atoms with E-state index in [1.807, 2.05) is 71.0 Å². The van der Waals surface area contributed by atoms with Crippen LogP contribution in [0.1, 0.15) is 41.7 Å². The summed E-state index contributed by atoms with van der Waals surface area (Å²) >= 11 is 0. The molecule has 0 aliphatic rings. The Morgan fingerprint density at radius 1 is 0.800 bits per heavy atom. The molecule has 0 saturated carbocycles. The first-order valence-electron chi connectivity index (χ1n) is 14.9. The van der Waals surface area contributed by atoms with E-state index in [2.05, 4.69) is 5.32 Å². The van der Waals surface area contributed by atoms with Crippen LogP contribution in [0.25, 0.3) is 0 Å². The fourth-order valence-corrected chi connectivity index (χ4v) is 6.37. The number of carbonyl (C=O) groups excluding carboxylic acids is 2. The highest BCUT2D eigenvalue weighted by atomic mass is 32.2. The molecular weight excluding hydrogens is 589 g/mol. The Bertz CT molecular complexity index is 1720. The van der Waals surface area contributed by atoms with Gasteiger partial charge in [0.05, 0.1) is 10.6 Å². The predicted molar refractivity (Wildman–Crippen MR) is 176 cm³/mol. The lowest BCUT2D eigenvalue weighted by atomic mass is 10.0. The first-order valence-corrected chi connectivity index (χ1v) is 16.3. The molecule has 4 aromatic carbocycles. The molecule has 236 valence electrons. The van der Waals surface area contributed by atoms with Gasteiger partial charge in [0.2, 0.25) is 11.8 Å². The maximum Gasteiger partial charge on any atom is 0.264 e. The zero-order valence-electron chi connectivity index (χ0n) is 26.3. The number of hydrogen-bond donors (Lipinski definition) is 1. The lowest BCUT2D eigenvalue weighted by Crippen LogP contribution is -2.54. The molecular formula is C36H40FN3O4S. The molecule has 4 rings (SSSR count). The second-order valence-corrected chi connectivity index (χ2v) is 13.5. The van der Waals surface area contributed by atoms with Gasteiger partial charge in [0.1, 0.15) is 18.4 Å². The van der Waals surface area contributed by atoms with Crippen molar-refractivity contribution in [3.05, 3.63) is 131 Å². The van der Waals surface area contributed by atoms with Crippen molar-refractivity contribution in [2.24, 2.45) is 0 Å². The van der Waals surface area contributed by atoms with Gasteiger partial charge in [-0.1, -0.05) is 66.2 Å². The molecule has 7 nitrogen and oxygen atoms in total. The number of hydrogen-bond acceptors (Lipinski definition) is 4. The zero-order valence-corrected chi connectivity index (χ0v) is 27.1. The SMILES string of the molecule is Cc1ccc(S(=O)(=O)N(CC(=O)N(Cc2ccc(F)cc2)[C@H](Cc2ccccc2)C(=O)NC(C)C)c2ccc(C)c(C)c2)cc1. The minimum absolute atomic E-state index is 0.0343. The highest BCUT2D eigenvalue weighted by Gasteiger charge is 2.35. The Morgan fingerprint density at radius 3 is 2.04 bits per heavy atom. The average Bonchev–Trinajstić information content (AvgIpc) is 3.00. The molecule has 1 atom stereocenters. The summed E-state index contributed by atoms with van der Waals surface area (Å²) in [6, 6.07) is 25.5. The summed E-state index contributed by atoms with van der Waals surface area (Å²) in [6.07, 6.45) is 0.195. The van der Waals surface area contributed by atoms with Gasteiger partial charge in [-0.2, -0.15) is 0 Å². The molecule has 0 heterocycles. The van der Waals surface area contributed by atoms with Gasteiger partial charge in [0.15, 0.2) is 0 Å². The number of nitrogens with zero attached hydrogens (tertiary/aromatic N) is 2. The zero-order chi connectivity index (χ0) is 32.7. The number of amides is 2. The van der Waals surface area contributed by atoms with Crippen LogP contribution in [0.15, 0.2) is 102 Å². The highest BCUT2D eigenvalue weighted by Crippen LogP contribution is 2.27. The molecule has 0 aliphatic carbocycles. The summed E-state index contributed by atoms with van der Waals surface area (Å²) in [4.78, 5) is 29.7. The van der Waals surface area contributed by atoms with Crippen LogP contribution >= 0.6 is 0 Å². The number of sulfonamides is 1. The molecule has 0 aromatic heterocycles. The molecule has 0 radical (unpaired) electrons. The van der Waals surface area contributed by atoms with E-state index in [4.69, 9.17) is 0 Å². The summed E-state index contributed by atoms with van der Waals surface area (Å²) in [7, 11) is -4.20. The third-order valence-corrected chi connectivity index (χ3v) is 9.42. The van der Waals surface area contributed by atoms with Crippen LogP contribution in [0.4, 0.5) is 10.1 Å². The van der Waals surface area contributed by atoms with E-state index >= 15 is 0 Å². The van der Waals surface area contributed by atoms with Crippen LogP contribution in [-0.2, 0) is 32.6 Å². The Morgan fingerprint density at radius 2 is 1.44 bits per heavy atom. The number of aryl methyl sites for hydroxylation is 3. The van der Waals surface area contributed by atoms with Crippen molar-refractivity contribution >= 4 is 27.5 Å². The molecule has 45 heavy (non-hydrogen) atoms. The standard InChI is InChI=1S/C36H40FN3O4S/c1-25(2)38-36(42)34(22-29-9-7-6-8-10-29)39(23-30-14-16-31(37)17-15-30)35(41)24-40(32-18-13-27(4)28(5)21-32)45(43,44)33-19-11-26(3)12-20-33/h6-21,25,34H,22-24H2,1-5H3,(H,38,42)/t34-/m1/s1. The second-order valence-electron chi connectivity index (χ2n) is 11.6. The molecule has 0 bridgehead atoms. The fraction of sp³-hybridized carbons (Fsp3) is 0.278. The summed E-state index contributed by atoms with van der Waals surface area (Å²) < 4.78 is 43.3. The van der Waals surface area contributed by atoms with E-state index in [0.29, 0.717) is 11.3 Å². The third-order valence-electron chi connectivity index (χ3n) is 7.63. The van der Waals surface area contributed by atoms with Crippen LogP contribution in [0, 0.1) is 26.6 Å². The van der Waals surface area contributed by atoms with Gasteiger partial charge >= 0.3 is 0 Å². The number of benzene rings is 4. The molecule has 0 unspecified atom stereocenters. The largest absolute Gasteiger partial charge is 0.352 e. The number of carbonyl (C=O) groups is 2. The van der Waals surface area contributed by atoms with Gasteiger partial charge in [-0.3, -0.25) is 13.9 Å². The topological polar surface area (TPSA) is 86.8 Å². The number of anilines is 1. The van der Waals surface area contributed by atoms with Gasteiger partial charge < -0.3 is 10.2 Å². The lowest BCUT2D eigenvalue weighted by molar-refractivity contribution is -0.140. The van der Waals surface area contributed by atoms with Crippen LogP contribution in [0.5, 0.6) is 0 Å². The highest BCUT2D eigenvalue weighted by molar-refractivity contribution is 7.92. The maximum atomic E-state index is 14.5. The molecule has 1 N–H and O–H groups in total. The van der Waals surface area contributed by atoms with E-state index in [0.717, 1.165) is 26.6 Å². The van der Waals surface area contributed by atoms with Gasteiger partial charge in [-0.15, -0.1) is 0 Å². The lowest BCUT2D eigenvalue weighted by Gasteiger charge is -2.34. The number of rotatable bonds is 12. The van der Waals surface area contributed by atoms with Gasteiger partial charge in [0, 0.05) is 19.0 Å². The summed E-state index contributed by atoms with van der Waals surface area (Å²) in [5.74, 6) is -1.38. The first-order chi connectivity index (χ1) is 21.3. The van der Waals surface area contributed by atoms with Crippen LogP contribution in [-0.4, -0.2) is 43.8 Å². The van der Waals surface area contributed by atoms with E-state index in [-0.39, 0.29) is 29.8 Å². The van der Waals surface area contributed by atoms with E-state index < -0.39 is 34.3 Å². The number of halogens is 1. The normalized spacial score (nSPS) is 12.1. The van der Waals surface area contributed by atoms with Crippen molar-refractivity contribution in [2.45, 2.75) is 64.6 Å². The molecule has 0 saturated heterocycles. The molecule has 0 spiro atoms. The number of nitrogens with one attached hydrogen (secondary N) is 1. The van der Waals surface area contributed by atoms with Crippen molar-refractivity contribution in [1.29, 1.82) is 0 Å². The molecule has 2 amide bonds.